The minimum absolute atomic E-state index is 0.181. The molecule has 0 aliphatic carbocycles. The van der Waals surface area contributed by atoms with Gasteiger partial charge in [0, 0.05) is 6.07 Å². The van der Waals surface area contributed by atoms with E-state index in [9.17, 15) is 19.2 Å². The van der Waals surface area contributed by atoms with Crippen molar-refractivity contribution in [3.8, 4) is 11.8 Å². The molecule has 1 fully saturated rings. The second-order valence-corrected chi connectivity index (χ2v) is 7.16. The second-order valence-electron chi connectivity index (χ2n) is 5.97. The van der Waals surface area contributed by atoms with Gasteiger partial charge in [0.1, 0.15) is 28.2 Å². The van der Waals surface area contributed by atoms with Crippen LogP contribution in [0.1, 0.15) is 5.56 Å². The van der Waals surface area contributed by atoms with Crippen molar-refractivity contribution < 1.29 is 18.7 Å². The largest absolute Gasteiger partial charge is 0.497 e. The standard InChI is InChI=1S/C20H16FN3O3S/c1-27-15-4-2-3-14(10-15)24-19(26)17(9-12-5-7-13(21)8-6-12)28-20(24)16(11-22)18(23)25/h2-8,10,17H,9H2,1H3,(H2,23,25)/b20-16-/t17-/m1/s1. The zero-order chi connectivity index (χ0) is 20.3. The van der Waals surface area contributed by atoms with Crippen molar-refractivity contribution in [1.29, 1.82) is 5.26 Å². The van der Waals surface area contributed by atoms with Crippen LogP contribution >= 0.6 is 11.8 Å². The molecule has 142 valence electrons. The summed E-state index contributed by atoms with van der Waals surface area (Å²) in [7, 11) is 1.50. The first kappa shape index (κ1) is 19.5. The van der Waals surface area contributed by atoms with Crippen molar-refractivity contribution >= 4 is 29.3 Å². The molecule has 8 heteroatoms. The minimum atomic E-state index is -0.909. The van der Waals surface area contributed by atoms with Crippen molar-refractivity contribution in [2.45, 2.75) is 11.7 Å². The SMILES string of the molecule is COc1cccc(N2C(=O)[C@@H](Cc3ccc(F)cc3)S/C2=C(/C#N)C(N)=O)c1. The number of primary amides is 1. The average Bonchev–Trinajstić information content (AvgIpc) is 3.00. The molecule has 2 aromatic rings. The molecule has 28 heavy (non-hydrogen) atoms. The van der Waals surface area contributed by atoms with E-state index in [1.54, 1.807) is 42.5 Å². The van der Waals surface area contributed by atoms with E-state index >= 15 is 0 Å². The van der Waals surface area contributed by atoms with Crippen LogP contribution in [-0.4, -0.2) is 24.2 Å². The summed E-state index contributed by atoms with van der Waals surface area (Å²) in [6.07, 6.45) is 0.311. The topological polar surface area (TPSA) is 96.4 Å². The first-order valence-corrected chi connectivity index (χ1v) is 9.16. The summed E-state index contributed by atoms with van der Waals surface area (Å²) in [6.45, 7) is 0. The lowest BCUT2D eigenvalue weighted by atomic mass is 10.1. The Kier molecular flexibility index (Phi) is 5.66. The number of amides is 2. The van der Waals surface area contributed by atoms with Gasteiger partial charge in [-0.25, -0.2) is 4.39 Å². The third-order valence-electron chi connectivity index (χ3n) is 4.17. The van der Waals surface area contributed by atoms with E-state index in [4.69, 9.17) is 10.5 Å². The summed E-state index contributed by atoms with van der Waals surface area (Å²) < 4.78 is 18.3. The zero-order valence-corrected chi connectivity index (χ0v) is 15.7. The maximum Gasteiger partial charge on any atom is 0.262 e. The number of thioether (sulfide) groups is 1. The summed E-state index contributed by atoms with van der Waals surface area (Å²) in [6, 6.07) is 14.4. The Hall–Kier alpha value is -3.31. The fourth-order valence-electron chi connectivity index (χ4n) is 2.82. The highest BCUT2D eigenvalue weighted by Gasteiger charge is 2.40. The molecule has 0 unspecified atom stereocenters. The van der Waals surface area contributed by atoms with Crippen LogP contribution in [0.15, 0.2) is 59.1 Å². The molecule has 3 rings (SSSR count). The van der Waals surface area contributed by atoms with E-state index in [1.165, 1.54) is 24.1 Å². The van der Waals surface area contributed by atoms with Crippen molar-refractivity contribution in [1.82, 2.24) is 0 Å². The molecule has 0 spiro atoms. The molecule has 2 amide bonds. The molecular formula is C20H16FN3O3S. The number of ether oxygens (including phenoxy) is 1. The highest BCUT2D eigenvalue weighted by atomic mass is 32.2. The summed E-state index contributed by atoms with van der Waals surface area (Å²) in [5, 5.41) is 8.98. The highest BCUT2D eigenvalue weighted by molar-refractivity contribution is 8.05. The molecule has 1 saturated heterocycles. The van der Waals surface area contributed by atoms with Crippen LogP contribution in [0.4, 0.5) is 10.1 Å². The Morgan fingerprint density at radius 3 is 2.64 bits per heavy atom. The molecule has 6 nitrogen and oxygen atoms in total. The Bertz CT molecular complexity index is 999. The second kappa shape index (κ2) is 8.15. The molecule has 0 radical (unpaired) electrons. The van der Waals surface area contributed by atoms with Crippen LogP contribution < -0.4 is 15.4 Å². The van der Waals surface area contributed by atoms with Gasteiger partial charge in [-0.05, 0) is 36.2 Å². The number of rotatable bonds is 5. The highest BCUT2D eigenvalue weighted by Crippen LogP contribution is 2.42. The number of hydrogen-bond donors (Lipinski definition) is 1. The Balaban J connectivity index is 2.03. The predicted molar refractivity (Wildman–Crippen MR) is 104 cm³/mol. The number of anilines is 1. The molecule has 0 bridgehead atoms. The van der Waals surface area contributed by atoms with E-state index in [0.29, 0.717) is 17.9 Å². The lowest BCUT2D eigenvalue weighted by molar-refractivity contribution is -0.117. The molecule has 1 aliphatic rings. The molecule has 1 heterocycles. The monoisotopic (exact) mass is 397 g/mol. The number of nitrogens with zero attached hydrogens (tertiary/aromatic N) is 2. The van der Waals surface area contributed by atoms with Gasteiger partial charge in [-0.15, -0.1) is 0 Å². The van der Waals surface area contributed by atoms with Gasteiger partial charge < -0.3 is 10.5 Å². The smallest absolute Gasteiger partial charge is 0.262 e. The number of halogens is 1. The third kappa shape index (κ3) is 3.85. The molecule has 0 saturated carbocycles. The van der Waals surface area contributed by atoms with Gasteiger partial charge in [-0.3, -0.25) is 14.5 Å². The fraction of sp³-hybridized carbons (Fsp3) is 0.150. The first-order valence-electron chi connectivity index (χ1n) is 8.28. The van der Waals surface area contributed by atoms with Crippen LogP contribution in [-0.2, 0) is 16.0 Å². The summed E-state index contributed by atoms with van der Waals surface area (Å²) >= 11 is 1.09. The van der Waals surface area contributed by atoms with Crippen LogP contribution in [0.5, 0.6) is 5.75 Å². The molecule has 2 N–H and O–H groups in total. The quantitative estimate of drug-likeness (QED) is 0.618. The summed E-state index contributed by atoms with van der Waals surface area (Å²) in [5.74, 6) is -1.05. The van der Waals surface area contributed by atoms with E-state index in [2.05, 4.69) is 0 Å². The fourth-order valence-corrected chi connectivity index (χ4v) is 4.13. The van der Waals surface area contributed by atoms with Gasteiger partial charge in [0.25, 0.3) is 5.91 Å². The predicted octanol–water partition coefficient (Wildman–Crippen LogP) is 2.75. The normalized spacial score (nSPS) is 18.0. The molecular weight excluding hydrogens is 381 g/mol. The van der Waals surface area contributed by atoms with Crippen molar-refractivity contribution in [2.75, 3.05) is 12.0 Å². The number of methoxy groups -OCH3 is 1. The van der Waals surface area contributed by atoms with Gasteiger partial charge in [-0.1, -0.05) is 30.0 Å². The van der Waals surface area contributed by atoms with E-state index in [1.807, 2.05) is 0 Å². The Morgan fingerprint density at radius 1 is 1.32 bits per heavy atom. The third-order valence-corrected chi connectivity index (χ3v) is 5.43. The lowest BCUT2D eigenvalue weighted by Gasteiger charge is -2.18. The van der Waals surface area contributed by atoms with Gasteiger partial charge in [0.15, 0.2) is 0 Å². The summed E-state index contributed by atoms with van der Waals surface area (Å²) in [4.78, 5) is 26.2. The molecule has 1 aliphatic heterocycles. The molecule has 0 aromatic heterocycles. The number of nitrogens with two attached hydrogens (primary N) is 1. The number of benzene rings is 2. The van der Waals surface area contributed by atoms with Gasteiger partial charge in [0.2, 0.25) is 5.91 Å². The lowest BCUT2D eigenvalue weighted by Crippen LogP contribution is -2.31. The van der Waals surface area contributed by atoms with E-state index in [-0.39, 0.29) is 22.3 Å². The van der Waals surface area contributed by atoms with Gasteiger partial charge in [0.05, 0.1) is 18.0 Å². The van der Waals surface area contributed by atoms with E-state index < -0.39 is 11.2 Å². The first-order chi connectivity index (χ1) is 13.4. The Morgan fingerprint density at radius 2 is 2.04 bits per heavy atom. The number of nitriles is 1. The number of hydrogen-bond acceptors (Lipinski definition) is 5. The maximum absolute atomic E-state index is 13.1. The van der Waals surface area contributed by atoms with Crippen LogP contribution in [0, 0.1) is 17.1 Å². The van der Waals surface area contributed by atoms with Crippen molar-refractivity contribution in [3.05, 3.63) is 70.5 Å². The zero-order valence-electron chi connectivity index (χ0n) is 14.9. The van der Waals surface area contributed by atoms with E-state index in [0.717, 1.165) is 17.3 Å². The minimum Gasteiger partial charge on any atom is -0.497 e. The average molecular weight is 397 g/mol. The Labute approximate surface area is 165 Å². The van der Waals surface area contributed by atoms with Crippen LogP contribution in [0.3, 0.4) is 0 Å². The van der Waals surface area contributed by atoms with Gasteiger partial charge >= 0.3 is 0 Å². The van der Waals surface area contributed by atoms with Crippen LogP contribution in [0.2, 0.25) is 0 Å². The van der Waals surface area contributed by atoms with Gasteiger partial charge in [-0.2, -0.15) is 5.26 Å². The number of carbonyl (C=O) groups is 2. The molecule has 1 atom stereocenters. The number of carbonyl (C=O) groups excluding carboxylic acids is 2. The maximum atomic E-state index is 13.1. The summed E-state index contributed by atoms with van der Waals surface area (Å²) in [5.41, 5.74) is 6.28. The van der Waals surface area contributed by atoms with Crippen molar-refractivity contribution in [3.63, 3.8) is 0 Å². The van der Waals surface area contributed by atoms with Crippen LogP contribution in [0.25, 0.3) is 0 Å². The van der Waals surface area contributed by atoms with Crippen molar-refractivity contribution in [2.24, 2.45) is 5.73 Å². The molecule has 2 aromatic carbocycles.